The molecule has 0 unspecified atom stereocenters. The van der Waals surface area contributed by atoms with E-state index in [0.29, 0.717) is 5.56 Å². The maximum atomic E-state index is 12.5. The summed E-state index contributed by atoms with van der Waals surface area (Å²) in [4.78, 5) is 12.5. The molecule has 0 saturated carbocycles. The van der Waals surface area contributed by atoms with Crippen LogP contribution < -0.4 is 14.9 Å². The molecule has 11 heteroatoms. The third kappa shape index (κ3) is 4.19. The average Bonchev–Trinajstić information content (AvgIpc) is 2.78. The van der Waals surface area contributed by atoms with E-state index in [1.54, 1.807) is 0 Å². The molecule has 4 rings (SSSR count). The minimum atomic E-state index is -1.61. The van der Waals surface area contributed by atoms with Crippen LogP contribution >= 0.6 is 0 Å². The van der Waals surface area contributed by atoms with Gasteiger partial charge in [0.25, 0.3) is 0 Å². The number of aromatic hydroxyl groups is 2. The molecular weight excluding hydrogens is 440 g/mol. The van der Waals surface area contributed by atoms with Gasteiger partial charge in [-0.15, -0.1) is 0 Å². The van der Waals surface area contributed by atoms with Gasteiger partial charge < -0.3 is 49.3 Å². The molecule has 1 aliphatic rings. The molecule has 2 heterocycles. The fraction of sp³-hybridized carbons (Fsp3) is 0.318. The van der Waals surface area contributed by atoms with Crippen molar-refractivity contribution in [3.05, 3.63) is 46.6 Å². The molecule has 3 aromatic rings. The molecule has 1 fully saturated rings. The number of rotatable bonds is 5. The highest BCUT2D eigenvalue weighted by molar-refractivity contribution is 5.86. The number of ether oxygens (including phenoxy) is 3. The Morgan fingerprint density at radius 2 is 1.73 bits per heavy atom. The van der Waals surface area contributed by atoms with Crippen LogP contribution in [0.15, 0.2) is 45.6 Å². The number of methoxy groups -OCH3 is 1. The van der Waals surface area contributed by atoms with Crippen molar-refractivity contribution in [1.82, 2.24) is 0 Å². The zero-order chi connectivity index (χ0) is 23.9. The summed E-state index contributed by atoms with van der Waals surface area (Å²) in [5.74, 6) is -0.308. The van der Waals surface area contributed by atoms with E-state index in [9.17, 15) is 35.4 Å². The van der Waals surface area contributed by atoms with Crippen LogP contribution in [0.5, 0.6) is 23.0 Å². The molecule has 176 valence electrons. The van der Waals surface area contributed by atoms with Gasteiger partial charge in [-0.2, -0.15) is 0 Å². The number of hydrogen-bond donors (Lipinski definition) is 6. The maximum absolute atomic E-state index is 12.5. The molecule has 6 N–H and O–H groups in total. The van der Waals surface area contributed by atoms with Gasteiger partial charge in [-0.25, -0.2) is 0 Å². The Labute approximate surface area is 186 Å². The lowest BCUT2D eigenvalue weighted by molar-refractivity contribution is -0.277. The van der Waals surface area contributed by atoms with Crippen LogP contribution in [0, 0.1) is 0 Å². The van der Waals surface area contributed by atoms with Gasteiger partial charge in [0.15, 0.2) is 16.9 Å². The zero-order valence-corrected chi connectivity index (χ0v) is 17.3. The Hall–Kier alpha value is -3.35. The number of aliphatic hydroxyl groups is 4. The highest BCUT2D eigenvalue weighted by Gasteiger charge is 2.45. The second kappa shape index (κ2) is 8.89. The average molecular weight is 462 g/mol. The van der Waals surface area contributed by atoms with Crippen molar-refractivity contribution in [2.24, 2.45) is 0 Å². The van der Waals surface area contributed by atoms with Gasteiger partial charge in [0.2, 0.25) is 6.29 Å². The van der Waals surface area contributed by atoms with E-state index in [2.05, 4.69) is 0 Å². The summed E-state index contributed by atoms with van der Waals surface area (Å²) in [6.07, 6.45) is -7.29. The zero-order valence-electron chi connectivity index (χ0n) is 17.3. The van der Waals surface area contributed by atoms with E-state index in [1.165, 1.54) is 37.4 Å². The van der Waals surface area contributed by atoms with Gasteiger partial charge in [-0.05, 0) is 18.2 Å². The lowest BCUT2D eigenvalue weighted by atomic mass is 9.99. The van der Waals surface area contributed by atoms with Crippen molar-refractivity contribution < 1.29 is 49.3 Å². The summed E-state index contributed by atoms with van der Waals surface area (Å²) < 4.78 is 22.0. The SMILES string of the molecule is COc1cc(-c2cc(=O)c3c(O)cc(O)cc3o2)ccc1O[C@@H]1O[C@@H](CO)[C@H](O)[C@H](O)[C@H]1O. The molecule has 11 nitrogen and oxygen atoms in total. The summed E-state index contributed by atoms with van der Waals surface area (Å²) in [7, 11) is 1.35. The first-order valence-electron chi connectivity index (χ1n) is 9.89. The summed E-state index contributed by atoms with van der Waals surface area (Å²) in [5.41, 5.74) is -0.144. The fourth-order valence-electron chi connectivity index (χ4n) is 3.60. The third-order valence-corrected chi connectivity index (χ3v) is 5.33. The summed E-state index contributed by atoms with van der Waals surface area (Å²) in [6.45, 7) is -0.604. The van der Waals surface area contributed by atoms with Crippen molar-refractivity contribution in [2.45, 2.75) is 30.7 Å². The first-order chi connectivity index (χ1) is 15.7. The van der Waals surface area contributed by atoms with Crippen molar-refractivity contribution in [3.8, 4) is 34.3 Å². The standard InChI is InChI=1S/C22H22O11/c1-30-15-4-9(14-7-12(26)18-11(25)5-10(24)6-16(18)31-14)2-3-13(15)32-22-21(29)20(28)19(27)17(8-23)33-22/h2-7,17,19-25,27-29H,8H2,1H3/t17-,19-,20-,21+,22+/m0/s1. The molecule has 0 aliphatic carbocycles. The summed E-state index contributed by atoms with van der Waals surface area (Å²) in [6, 6.07) is 7.85. The molecule has 1 aliphatic heterocycles. The molecule has 1 saturated heterocycles. The topological polar surface area (TPSA) is 179 Å². The number of phenols is 2. The van der Waals surface area contributed by atoms with Crippen molar-refractivity contribution in [2.75, 3.05) is 13.7 Å². The van der Waals surface area contributed by atoms with Gasteiger partial charge in [0, 0.05) is 23.8 Å². The Bertz CT molecular complexity index is 1220. The predicted molar refractivity (Wildman–Crippen MR) is 112 cm³/mol. The maximum Gasteiger partial charge on any atom is 0.229 e. The lowest BCUT2D eigenvalue weighted by Gasteiger charge is -2.39. The second-order valence-corrected chi connectivity index (χ2v) is 7.49. The van der Waals surface area contributed by atoms with E-state index in [1.807, 2.05) is 0 Å². The van der Waals surface area contributed by atoms with Crippen LogP contribution in [-0.4, -0.2) is 75.1 Å². The van der Waals surface area contributed by atoms with Gasteiger partial charge in [-0.3, -0.25) is 4.79 Å². The molecule has 1 aromatic heterocycles. The first-order valence-corrected chi connectivity index (χ1v) is 9.89. The van der Waals surface area contributed by atoms with Gasteiger partial charge >= 0.3 is 0 Å². The molecule has 5 atom stereocenters. The van der Waals surface area contributed by atoms with Crippen LogP contribution in [0.2, 0.25) is 0 Å². The largest absolute Gasteiger partial charge is 0.508 e. The second-order valence-electron chi connectivity index (χ2n) is 7.49. The Morgan fingerprint density at radius 1 is 0.970 bits per heavy atom. The van der Waals surface area contributed by atoms with Crippen LogP contribution in [0.25, 0.3) is 22.3 Å². The monoisotopic (exact) mass is 462 g/mol. The Morgan fingerprint density at radius 3 is 2.42 bits per heavy atom. The molecule has 0 spiro atoms. The highest BCUT2D eigenvalue weighted by Crippen LogP contribution is 2.36. The van der Waals surface area contributed by atoms with E-state index in [-0.39, 0.29) is 34.0 Å². The van der Waals surface area contributed by atoms with Gasteiger partial charge in [-0.1, -0.05) is 0 Å². The number of benzene rings is 2. The molecule has 33 heavy (non-hydrogen) atoms. The van der Waals surface area contributed by atoms with E-state index >= 15 is 0 Å². The molecule has 0 bridgehead atoms. The number of fused-ring (bicyclic) bond motifs is 1. The molecule has 2 aromatic carbocycles. The van der Waals surface area contributed by atoms with E-state index in [0.717, 1.165) is 6.07 Å². The highest BCUT2D eigenvalue weighted by atomic mass is 16.7. The minimum absolute atomic E-state index is 0.0180. The Kier molecular flexibility index (Phi) is 6.15. The fourth-order valence-corrected chi connectivity index (χ4v) is 3.60. The van der Waals surface area contributed by atoms with Crippen molar-refractivity contribution in [1.29, 1.82) is 0 Å². The van der Waals surface area contributed by atoms with E-state index < -0.39 is 48.5 Å². The van der Waals surface area contributed by atoms with Crippen LogP contribution in [0.4, 0.5) is 0 Å². The molecular formula is C22H22O11. The minimum Gasteiger partial charge on any atom is -0.508 e. The number of phenolic OH excluding ortho intramolecular Hbond substituents is 2. The summed E-state index contributed by atoms with van der Waals surface area (Å²) in [5, 5.41) is 58.9. The van der Waals surface area contributed by atoms with E-state index in [4.69, 9.17) is 18.6 Å². The lowest BCUT2D eigenvalue weighted by Crippen LogP contribution is -2.60. The quantitative estimate of drug-likeness (QED) is 0.302. The Balaban J connectivity index is 1.67. The predicted octanol–water partition coefficient (Wildman–Crippen LogP) is 0.0585. The smallest absolute Gasteiger partial charge is 0.229 e. The van der Waals surface area contributed by atoms with Crippen LogP contribution in [0.1, 0.15) is 0 Å². The van der Waals surface area contributed by atoms with Crippen molar-refractivity contribution >= 4 is 11.0 Å². The normalized spacial score (nSPS) is 25.2. The van der Waals surface area contributed by atoms with Gasteiger partial charge in [0.1, 0.15) is 52.6 Å². The van der Waals surface area contributed by atoms with Crippen LogP contribution in [-0.2, 0) is 4.74 Å². The summed E-state index contributed by atoms with van der Waals surface area (Å²) >= 11 is 0. The third-order valence-electron chi connectivity index (χ3n) is 5.33. The van der Waals surface area contributed by atoms with Crippen molar-refractivity contribution in [3.63, 3.8) is 0 Å². The number of aliphatic hydroxyl groups excluding tert-OH is 4. The first kappa shape index (κ1) is 22.8. The number of hydrogen-bond acceptors (Lipinski definition) is 11. The van der Waals surface area contributed by atoms with Crippen LogP contribution in [0.3, 0.4) is 0 Å². The van der Waals surface area contributed by atoms with Gasteiger partial charge in [0.05, 0.1) is 13.7 Å². The molecule has 0 radical (unpaired) electrons. The molecule has 0 amide bonds.